The van der Waals surface area contributed by atoms with Gasteiger partial charge in [-0.15, -0.1) is 0 Å². The van der Waals surface area contributed by atoms with Crippen LogP contribution in [0.2, 0.25) is 0 Å². The maximum absolute atomic E-state index is 14.1. The van der Waals surface area contributed by atoms with Crippen molar-refractivity contribution in [2.24, 2.45) is 7.05 Å². The molecule has 1 fully saturated rings. The number of hydrogen-bond donors (Lipinski definition) is 2. The second kappa shape index (κ2) is 6.28. The monoisotopic (exact) mass is 317 g/mol. The average molecular weight is 317 g/mol. The van der Waals surface area contributed by atoms with Crippen LogP contribution in [-0.4, -0.2) is 28.9 Å². The van der Waals surface area contributed by atoms with Crippen LogP contribution in [0.15, 0.2) is 24.4 Å². The van der Waals surface area contributed by atoms with E-state index in [1.165, 1.54) is 11.0 Å². The summed E-state index contributed by atoms with van der Waals surface area (Å²) in [7, 11) is 1.88. The number of hydrogen-bond acceptors (Lipinski definition) is 3. The van der Waals surface area contributed by atoms with Crippen molar-refractivity contribution in [2.45, 2.75) is 19.9 Å². The first-order valence-corrected chi connectivity index (χ1v) is 7.62. The molecule has 1 aliphatic rings. The lowest BCUT2D eigenvalue weighted by molar-refractivity contribution is 0.242. The Bertz CT molecular complexity index is 727. The first-order chi connectivity index (χ1) is 11.0. The highest BCUT2D eigenvalue weighted by molar-refractivity contribution is 5.93. The Labute approximate surface area is 134 Å². The summed E-state index contributed by atoms with van der Waals surface area (Å²) in [4.78, 5) is 13.3. The molecule has 2 amide bonds. The van der Waals surface area contributed by atoms with E-state index in [2.05, 4.69) is 15.7 Å². The number of carbonyl (C=O) groups is 1. The Hall–Kier alpha value is -2.57. The predicted octanol–water partition coefficient (Wildman–Crippen LogP) is 2.40. The minimum absolute atomic E-state index is 0.257. The van der Waals surface area contributed by atoms with Crippen LogP contribution < -0.4 is 15.5 Å². The predicted molar refractivity (Wildman–Crippen MR) is 87.0 cm³/mol. The van der Waals surface area contributed by atoms with Crippen LogP contribution in [0.25, 0.3) is 0 Å². The van der Waals surface area contributed by atoms with Gasteiger partial charge in [-0.3, -0.25) is 9.58 Å². The third-order valence-corrected chi connectivity index (χ3v) is 3.89. The highest BCUT2D eigenvalue weighted by atomic mass is 19.1. The molecule has 2 N–H and O–H groups in total. The Kier molecular flexibility index (Phi) is 4.18. The van der Waals surface area contributed by atoms with Crippen molar-refractivity contribution in [2.75, 3.05) is 23.3 Å². The van der Waals surface area contributed by atoms with Crippen molar-refractivity contribution in [1.82, 2.24) is 15.1 Å². The summed E-state index contributed by atoms with van der Waals surface area (Å²) >= 11 is 0. The van der Waals surface area contributed by atoms with Gasteiger partial charge >= 0.3 is 6.03 Å². The zero-order valence-electron chi connectivity index (χ0n) is 13.3. The molecule has 2 aromatic rings. The summed E-state index contributed by atoms with van der Waals surface area (Å²) in [6, 6.07) is 4.45. The summed E-state index contributed by atoms with van der Waals surface area (Å²) in [6.45, 7) is 3.70. The van der Waals surface area contributed by atoms with Crippen LogP contribution in [0.3, 0.4) is 0 Å². The van der Waals surface area contributed by atoms with Crippen molar-refractivity contribution in [3.05, 3.63) is 41.5 Å². The van der Waals surface area contributed by atoms with Gasteiger partial charge < -0.3 is 10.6 Å². The number of amides is 2. The molecule has 1 aromatic heterocycles. The van der Waals surface area contributed by atoms with Crippen molar-refractivity contribution >= 4 is 17.4 Å². The lowest BCUT2D eigenvalue weighted by Gasteiger charge is -2.28. The van der Waals surface area contributed by atoms with E-state index in [1.54, 1.807) is 16.8 Å². The number of nitrogens with zero attached hydrogens (tertiary/aromatic N) is 3. The molecule has 23 heavy (non-hydrogen) atoms. The average Bonchev–Trinajstić information content (AvgIpc) is 2.85. The normalized spacial score (nSPS) is 14.7. The van der Waals surface area contributed by atoms with E-state index in [0.29, 0.717) is 25.3 Å². The third-order valence-electron chi connectivity index (χ3n) is 3.89. The van der Waals surface area contributed by atoms with Gasteiger partial charge in [0.15, 0.2) is 0 Å². The molecule has 6 nitrogen and oxygen atoms in total. The largest absolute Gasteiger partial charge is 0.379 e. The van der Waals surface area contributed by atoms with Gasteiger partial charge in [-0.25, -0.2) is 9.18 Å². The second-order valence-electron chi connectivity index (χ2n) is 5.69. The van der Waals surface area contributed by atoms with Crippen LogP contribution in [0.1, 0.15) is 17.7 Å². The number of aryl methyl sites for hydroxylation is 2. The zero-order chi connectivity index (χ0) is 16.4. The Morgan fingerprint density at radius 3 is 2.96 bits per heavy atom. The van der Waals surface area contributed by atoms with E-state index >= 15 is 0 Å². The highest BCUT2D eigenvalue weighted by Crippen LogP contribution is 2.25. The maximum atomic E-state index is 14.1. The topological polar surface area (TPSA) is 62.2 Å². The van der Waals surface area contributed by atoms with Crippen LogP contribution in [0.4, 0.5) is 20.6 Å². The first-order valence-electron chi connectivity index (χ1n) is 7.62. The molecule has 0 spiro atoms. The molecular formula is C16H20FN5O. The standard InChI is InChI=1S/C16H20FN5O/c1-11-10-21(2)20-14(11)9-19-12-4-5-13(17)15(8-12)22-7-3-6-18-16(22)23/h4-5,8,10,19H,3,6-7,9H2,1-2H3,(H,18,23). The highest BCUT2D eigenvalue weighted by Gasteiger charge is 2.22. The van der Waals surface area contributed by atoms with Gasteiger partial charge in [0, 0.05) is 32.0 Å². The molecule has 2 heterocycles. The molecule has 0 radical (unpaired) electrons. The molecule has 1 aliphatic heterocycles. The third kappa shape index (κ3) is 3.28. The van der Waals surface area contributed by atoms with Crippen molar-refractivity contribution in [1.29, 1.82) is 0 Å². The molecule has 122 valence electrons. The van der Waals surface area contributed by atoms with E-state index in [1.807, 2.05) is 20.2 Å². The van der Waals surface area contributed by atoms with Crippen molar-refractivity contribution < 1.29 is 9.18 Å². The Morgan fingerprint density at radius 2 is 2.26 bits per heavy atom. The Morgan fingerprint density at radius 1 is 1.43 bits per heavy atom. The molecular weight excluding hydrogens is 297 g/mol. The summed E-state index contributed by atoms with van der Waals surface area (Å²) in [5.41, 5.74) is 3.08. The molecule has 0 aliphatic carbocycles. The lowest BCUT2D eigenvalue weighted by Crippen LogP contribution is -2.46. The number of nitrogens with one attached hydrogen (secondary N) is 2. The molecule has 7 heteroatoms. The molecule has 1 saturated heterocycles. The SMILES string of the molecule is Cc1cn(C)nc1CNc1ccc(F)c(N2CCCNC2=O)c1. The van der Waals surface area contributed by atoms with Crippen LogP contribution in [0.5, 0.6) is 0 Å². The fraction of sp³-hybridized carbons (Fsp3) is 0.375. The molecule has 0 unspecified atom stereocenters. The molecule has 3 rings (SSSR count). The van der Waals surface area contributed by atoms with Gasteiger partial charge in [0.1, 0.15) is 5.82 Å². The van der Waals surface area contributed by atoms with Gasteiger partial charge in [-0.05, 0) is 37.1 Å². The molecule has 1 aromatic carbocycles. The van der Waals surface area contributed by atoms with Crippen LogP contribution in [-0.2, 0) is 13.6 Å². The van der Waals surface area contributed by atoms with Gasteiger partial charge in [0.05, 0.1) is 17.9 Å². The zero-order valence-corrected chi connectivity index (χ0v) is 13.3. The summed E-state index contributed by atoms with van der Waals surface area (Å²) in [5.74, 6) is -0.401. The number of anilines is 2. The first kappa shape index (κ1) is 15.3. The smallest absolute Gasteiger partial charge is 0.321 e. The minimum Gasteiger partial charge on any atom is -0.379 e. The lowest BCUT2D eigenvalue weighted by atomic mass is 10.2. The minimum atomic E-state index is -0.401. The van der Waals surface area contributed by atoms with Gasteiger partial charge in [0.2, 0.25) is 0 Å². The van der Waals surface area contributed by atoms with Gasteiger partial charge in [-0.1, -0.05) is 0 Å². The Balaban J connectivity index is 1.77. The summed E-state index contributed by atoms with van der Waals surface area (Å²) in [5, 5.41) is 10.3. The number of rotatable bonds is 4. The quantitative estimate of drug-likeness (QED) is 0.910. The molecule has 0 saturated carbocycles. The number of halogens is 1. The van der Waals surface area contributed by atoms with E-state index in [0.717, 1.165) is 23.4 Å². The van der Waals surface area contributed by atoms with Crippen molar-refractivity contribution in [3.63, 3.8) is 0 Å². The summed E-state index contributed by atoms with van der Waals surface area (Å²) in [6.07, 6.45) is 2.75. The van der Waals surface area contributed by atoms with E-state index in [9.17, 15) is 9.18 Å². The number of aromatic nitrogens is 2. The van der Waals surface area contributed by atoms with Gasteiger partial charge in [0.25, 0.3) is 0 Å². The second-order valence-corrected chi connectivity index (χ2v) is 5.69. The fourth-order valence-corrected chi connectivity index (χ4v) is 2.70. The van der Waals surface area contributed by atoms with Crippen LogP contribution >= 0.6 is 0 Å². The number of carbonyl (C=O) groups excluding carboxylic acids is 1. The van der Waals surface area contributed by atoms with Gasteiger partial charge in [-0.2, -0.15) is 5.10 Å². The number of urea groups is 1. The molecule has 0 atom stereocenters. The van der Waals surface area contributed by atoms with E-state index in [4.69, 9.17) is 0 Å². The van der Waals surface area contributed by atoms with E-state index in [-0.39, 0.29) is 6.03 Å². The molecule has 0 bridgehead atoms. The van der Waals surface area contributed by atoms with E-state index < -0.39 is 5.82 Å². The fourth-order valence-electron chi connectivity index (χ4n) is 2.70. The van der Waals surface area contributed by atoms with Crippen molar-refractivity contribution in [3.8, 4) is 0 Å². The van der Waals surface area contributed by atoms with Crippen LogP contribution in [0, 0.1) is 12.7 Å². The number of benzene rings is 1. The summed E-state index contributed by atoms with van der Waals surface area (Å²) < 4.78 is 15.9. The maximum Gasteiger partial charge on any atom is 0.321 e.